The van der Waals surface area contributed by atoms with Crippen LogP contribution < -0.4 is 5.32 Å². The molecule has 0 aromatic carbocycles. The lowest BCUT2D eigenvalue weighted by Gasteiger charge is -2.26. The molecule has 0 fully saturated rings. The van der Waals surface area contributed by atoms with Gasteiger partial charge in [0.2, 0.25) is 0 Å². The number of rotatable bonds is 4. The minimum absolute atomic E-state index is 0.0749. The quantitative estimate of drug-likeness (QED) is 0.665. The summed E-state index contributed by atoms with van der Waals surface area (Å²) < 4.78 is 5.91. The van der Waals surface area contributed by atoms with Gasteiger partial charge in [-0.1, -0.05) is 13.8 Å². The zero-order valence-corrected chi connectivity index (χ0v) is 14.5. The molecule has 0 saturated carbocycles. The number of aromatic nitrogens is 1. The van der Waals surface area contributed by atoms with Crippen LogP contribution >= 0.6 is 15.9 Å². The van der Waals surface area contributed by atoms with Gasteiger partial charge in [0.25, 0.3) is 5.91 Å². The highest BCUT2D eigenvalue weighted by Gasteiger charge is 2.29. The predicted molar refractivity (Wildman–Crippen MR) is 83.9 cm³/mol. The lowest BCUT2D eigenvalue weighted by Crippen LogP contribution is -2.47. The minimum Gasteiger partial charge on any atom is -0.458 e. The van der Waals surface area contributed by atoms with Crippen molar-refractivity contribution in [1.29, 1.82) is 0 Å². The topological polar surface area (TPSA) is 68.3 Å². The molecule has 1 amide bonds. The molecule has 21 heavy (non-hydrogen) atoms. The molecule has 1 heterocycles. The second kappa shape index (κ2) is 7.02. The first-order valence-electron chi connectivity index (χ1n) is 6.75. The summed E-state index contributed by atoms with van der Waals surface area (Å²) >= 11 is 3.21. The molecule has 1 rings (SSSR count). The van der Waals surface area contributed by atoms with Crippen molar-refractivity contribution < 1.29 is 14.3 Å². The van der Waals surface area contributed by atoms with E-state index < -0.39 is 17.6 Å². The van der Waals surface area contributed by atoms with E-state index in [0.717, 1.165) is 0 Å². The van der Waals surface area contributed by atoms with Gasteiger partial charge in [0.15, 0.2) is 0 Å². The molecule has 0 bridgehead atoms. The van der Waals surface area contributed by atoms with Crippen LogP contribution in [-0.2, 0) is 9.53 Å². The third kappa shape index (κ3) is 5.83. The zero-order valence-electron chi connectivity index (χ0n) is 12.9. The molecular weight excluding hydrogens is 336 g/mol. The van der Waals surface area contributed by atoms with Crippen molar-refractivity contribution in [2.24, 2.45) is 5.92 Å². The summed E-state index contributed by atoms with van der Waals surface area (Å²) in [4.78, 5) is 28.4. The molecular formula is C15H21BrN2O3. The maximum absolute atomic E-state index is 12.2. The number of hydrogen-bond acceptors (Lipinski definition) is 4. The van der Waals surface area contributed by atoms with Gasteiger partial charge in [0.05, 0.1) is 0 Å². The monoisotopic (exact) mass is 356 g/mol. The fourth-order valence-electron chi connectivity index (χ4n) is 1.63. The minimum atomic E-state index is -0.691. The SMILES string of the molecule is CC(C)[C@@H](NC(=O)c1ccnc(Br)c1)C(=O)OC(C)(C)C. The summed E-state index contributed by atoms with van der Waals surface area (Å²) in [5.41, 5.74) is -0.152. The van der Waals surface area contributed by atoms with Gasteiger partial charge in [-0.15, -0.1) is 0 Å². The predicted octanol–water partition coefficient (Wildman–Crippen LogP) is 2.94. The lowest BCUT2D eigenvalue weighted by atomic mass is 10.0. The molecule has 6 heteroatoms. The van der Waals surface area contributed by atoms with Gasteiger partial charge in [-0.3, -0.25) is 4.79 Å². The highest BCUT2D eigenvalue weighted by Crippen LogP contribution is 2.14. The van der Waals surface area contributed by atoms with Crippen molar-refractivity contribution >= 4 is 27.8 Å². The van der Waals surface area contributed by atoms with Crippen LogP contribution in [0.3, 0.4) is 0 Å². The fourth-order valence-corrected chi connectivity index (χ4v) is 2.00. The Kier molecular flexibility index (Phi) is 5.89. The Labute approximate surface area is 133 Å². The molecule has 0 aliphatic carbocycles. The van der Waals surface area contributed by atoms with Gasteiger partial charge in [-0.25, -0.2) is 9.78 Å². The molecule has 1 aromatic heterocycles. The average molecular weight is 357 g/mol. The molecule has 0 aliphatic heterocycles. The Morgan fingerprint density at radius 3 is 2.43 bits per heavy atom. The van der Waals surface area contributed by atoms with Gasteiger partial charge < -0.3 is 10.1 Å². The molecule has 0 radical (unpaired) electrons. The number of esters is 1. The van der Waals surface area contributed by atoms with Gasteiger partial charge in [-0.2, -0.15) is 0 Å². The molecule has 0 saturated heterocycles. The molecule has 0 spiro atoms. The molecule has 0 aliphatic rings. The van der Waals surface area contributed by atoms with E-state index in [1.165, 1.54) is 6.20 Å². The Balaban J connectivity index is 2.84. The number of halogens is 1. The number of amides is 1. The Hall–Kier alpha value is -1.43. The van der Waals surface area contributed by atoms with Crippen LogP contribution in [0.1, 0.15) is 45.0 Å². The molecule has 1 N–H and O–H groups in total. The highest BCUT2D eigenvalue weighted by molar-refractivity contribution is 9.10. The van der Waals surface area contributed by atoms with Crippen molar-refractivity contribution in [3.8, 4) is 0 Å². The van der Waals surface area contributed by atoms with Crippen LogP contribution in [0, 0.1) is 5.92 Å². The second-order valence-corrected chi connectivity index (χ2v) is 6.91. The second-order valence-electron chi connectivity index (χ2n) is 6.10. The van der Waals surface area contributed by atoms with Crippen molar-refractivity contribution in [2.45, 2.75) is 46.3 Å². The van der Waals surface area contributed by atoms with E-state index in [0.29, 0.717) is 10.2 Å². The van der Waals surface area contributed by atoms with E-state index >= 15 is 0 Å². The van der Waals surface area contributed by atoms with E-state index in [2.05, 4.69) is 26.2 Å². The fraction of sp³-hybridized carbons (Fsp3) is 0.533. The Morgan fingerprint density at radius 1 is 1.33 bits per heavy atom. The van der Waals surface area contributed by atoms with Crippen LogP contribution in [-0.4, -0.2) is 28.5 Å². The third-order valence-corrected chi connectivity index (χ3v) is 3.04. The largest absolute Gasteiger partial charge is 0.458 e. The maximum Gasteiger partial charge on any atom is 0.329 e. The summed E-state index contributed by atoms with van der Waals surface area (Å²) in [6.07, 6.45) is 1.52. The van der Waals surface area contributed by atoms with Crippen LogP contribution in [0.2, 0.25) is 0 Å². The van der Waals surface area contributed by atoms with Crippen molar-refractivity contribution in [3.63, 3.8) is 0 Å². The van der Waals surface area contributed by atoms with E-state index in [4.69, 9.17) is 4.74 Å². The summed E-state index contributed by atoms with van der Waals surface area (Å²) in [6.45, 7) is 9.10. The standard InChI is InChI=1S/C15H21BrN2O3/c1-9(2)12(14(20)21-15(3,4)5)18-13(19)10-6-7-17-11(16)8-10/h6-9,12H,1-5H3,(H,18,19)/t12-/m1/s1. The summed E-state index contributed by atoms with van der Waals surface area (Å²) in [5, 5.41) is 2.72. The number of pyridine rings is 1. The molecule has 5 nitrogen and oxygen atoms in total. The Bertz CT molecular complexity index is 524. The van der Waals surface area contributed by atoms with Gasteiger partial charge in [0, 0.05) is 11.8 Å². The number of ether oxygens (including phenoxy) is 1. The highest BCUT2D eigenvalue weighted by atomic mass is 79.9. The van der Waals surface area contributed by atoms with Crippen molar-refractivity contribution in [1.82, 2.24) is 10.3 Å². The zero-order chi connectivity index (χ0) is 16.2. The first kappa shape index (κ1) is 17.6. The summed E-state index contributed by atoms with van der Waals surface area (Å²) in [7, 11) is 0. The van der Waals surface area contributed by atoms with E-state index in [9.17, 15) is 9.59 Å². The molecule has 1 aromatic rings. The first-order chi connectivity index (χ1) is 9.60. The Morgan fingerprint density at radius 2 is 1.95 bits per heavy atom. The molecule has 1 atom stereocenters. The third-order valence-electron chi connectivity index (χ3n) is 2.60. The first-order valence-corrected chi connectivity index (χ1v) is 7.55. The van der Waals surface area contributed by atoms with Gasteiger partial charge in [0.1, 0.15) is 16.2 Å². The lowest BCUT2D eigenvalue weighted by molar-refractivity contribution is -0.158. The van der Waals surface area contributed by atoms with E-state index in [-0.39, 0.29) is 11.8 Å². The normalized spacial score (nSPS) is 12.9. The number of hydrogen-bond donors (Lipinski definition) is 1. The smallest absolute Gasteiger partial charge is 0.329 e. The number of carbonyl (C=O) groups is 2. The maximum atomic E-state index is 12.2. The van der Waals surface area contributed by atoms with Gasteiger partial charge in [-0.05, 0) is 54.8 Å². The molecule has 0 unspecified atom stereocenters. The van der Waals surface area contributed by atoms with Crippen molar-refractivity contribution in [2.75, 3.05) is 0 Å². The molecule has 116 valence electrons. The van der Waals surface area contributed by atoms with Crippen LogP contribution in [0.25, 0.3) is 0 Å². The number of carbonyl (C=O) groups excluding carboxylic acids is 2. The van der Waals surface area contributed by atoms with Gasteiger partial charge >= 0.3 is 5.97 Å². The van der Waals surface area contributed by atoms with E-state index in [1.807, 2.05) is 13.8 Å². The van der Waals surface area contributed by atoms with Crippen LogP contribution in [0.5, 0.6) is 0 Å². The van der Waals surface area contributed by atoms with Crippen LogP contribution in [0.4, 0.5) is 0 Å². The van der Waals surface area contributed by atoms with Crippen molar-refractivity contribution in [3.05, 3.63) is 28.5 Å². The van der Waals surface area contributed by atoms with Crippen LogP contribution in [0.15, 0.2) is 22.9 Å². The average Bonchev–Trinajstić information content (AvgIpc) is 2.32. The summed E-state index contributed by atoms with van der Waals surface area (Å²) in [5.74, 6) is -0.837. The number of nitrogens with zero attached hydrogens (tertiary/aromatic N) is 1. The number of nitrogens with one attached hydrogen (secondary N) is 1. The summed E-state index contributed by atoms with van der Waals surface area (Å²) in [6, 6.07) is 2.50. The van der Waals surface area contributed by atoms with E-state index in [1.54, 1.807) is 32.9 Å².